The second-order valence-electron chi connectivity index (χ2n) is 6.00. The molecule has 0 radical (unpaired) electrons. The van der Waals surface area contributed by atoms with Crippen LogP contribution in [0.2, 0.25) is 5.02 Å². The van der Waals surface area contributed by atoms with Crippen molar-refractivity contribution in [2.24, 2.45) is 0 Å². The number of anilines is 1. The third-order valence-corrected chi connectivity index (χ3v) is 4.71. The van der Waals surface area contributed by atoms with E-state index in [2.05, 4.69) is 15.7 Å². The average molecular weight is 383 g/mol. The lowest BCUT2D eigenvalue weighted by molar-refractivity contribution is 0.114. The summed E-state index contributed by atoms with van der Waals surface area (Å²) in [4.78, 5) is 0. The summed E-state index contributed by atoms with van der Waals surface area (Å²) in [6, 6.07) is 6.50. The number of halogens is 2. The van der Waals surface area contributed by atoms with E-state index in [1.165, 1.54) is 6.07 Å². The van der Waals surface area contributed by atoms with Crippen LogP contribution in [0.25, 0.3) is 0 Å². The Morgan fingerprint density at radius 2 is 2.36 bits per heavy atom. The predicted octanol–water partition coefficient (Wildman–Crippen LogP) is 3.50. The molecule has 1 aliphatic heterocycles. The summed E-state index contributed by atoms with van der Waals surface area (Å²) >= 11 is 11.4. The molecule has 0 bridgehead atoms. The molecule has 5 nitrogen and oxygen atoms in total. The van der Waals surface area contributed by atoms with Gasteiger partial charge in [0.1, 0.15) is 5.82 Å². The van der Waals surface area contributed by atoms with E-state index in [0.29, 0.717) is 28.1 Å². The van der Waals surface area contributed by atoms with Gasteiger partial charge in [0.25, 0.3) is 0 Å². The van der Waals surface area contributed by atoms with Gasteiger partial charge in [0, 0.05) is 35.5 Å². The fourth-order valence-corrected chi connectivity index (χ4v) is 3.15. The van der Waals surface area contributed by atoms with Gasteiger partial charge in [0.15, 0.2) is 10.9 Å². The minimum absolute atomic E-state index is 0.210. The van der Waals surface area contributed by atoms with Crippen molar-refractivity contribution in [3.05, 3.63) is 46.4 Å². The number of nitrogens with zero attached hydrogens (tertiary/aromatic N) is 2. The van der Waals surface area contributed by atoms with E-state index in [-0.39, 0.29) is 18.5 Å². The summed E-state index contributed by atoms with van der Waals surface area (Å²) < 4.78 is 21.2. The molecule has 3 rings (SSSR count). The number of aromatic nitrogens is 2. The Morgan fingerprint density at radius 1 is 1.52 bits per heavy atom. The molecule has 1 aliphatic rings. The second kappa shape index (κ2) is 8.12. The molecule has 1 atom stereocenters. The van der Waals surface area contributed by atoms with Gasteiger partial charge in [-0.05, 0) is 44.1 Å². The molecule has 0 saturated carbocycles. The maximum Gasteiger partial charge on any atom is 0.172 e. The average Bonchev–Trinajstić information content (AvgIpc) is 3.19. The molecule has 0 spiro atoms. The Morgan fingerprint density at radius 3 is 3.08 bits per heavy atom. The van der Waals surface area contributed by atoms with Gasteiger partial charge >= 0.3 is 0 Å². The zero-order valence-electron chi connectivity index (χ0n) is 13.9. The standard InChI is InChI=1S/C17H20ClFN4OS/c1-11-8-16(21-17(25)20-9-12-4-3-7-24-12)22-23(11)10-13-14(18)5-2-6-15(13)19/h2,5-6,8,12H,3-4,7,9-10H2,1H3,(H2,20,21,22,25). The van der Waals surface area contributed by atoms with E-state index < -0.39 is 0 Å². The van der Waals surface area contributed by atoms with Gasteiger partial charge < -0.3 is 15.4 Å². The summed E-state index contributed by atoms with van der Waals surface area (Å²) in [7, 11) is 0. The van der Waals surface area contributed by atoms with Crippen molar-refractivity contribution in [3.63, 3.8) is 0 Å². The van der Waals surface area contributed by atoms with Crippen molar-refractivity contribution >= 4 is 34.7 Å². The fraction of sp³-hybridized carbons (Fsp3) is 0.412. The lowest BCUT2D eigenvalue weighted by Crippen LogP contribution is -2.34. The fourth-order valence-electron chi connectivity index (χ4n) is 2.74. The molecular weight excluding hydrogens is 363 g/mol. The van der Waals surface area contributed by atoms with Crippen LogP contribution in [0.1, 0.15) is 24.1 Å². The normalized spacial score (nSPS) is 16.8. The van der Waals surface area contributed by atoms with Crippen LogP contribution < -0.4 is 10.6 Å². The Bertz CT molecular complexity index is 741. The number of hydrogen-bond donors (Lipinski definition) is 2. The van der Waals surface area contributed by atoms with Crippen molar-refractivity contribution in [1.29, 1.82) is 0 Å². The van der Waals surface area contributed by atoms with E-state index in [9.17, 15) is 4.39 Å². The topological polar surface area (TPSA) is 51.1 Å². The first kappa shape index (κ1) is 18.1. The minimum atomic E-state index is -0.342. The zero-order valence-corrected chi connectivity index (χ0v) is 15.5. The van der Waals surface area contributed by atoms with Crippen LogP contribution in [0.5, 0.6) is 0 Å². The van der Waals surface area contributed by atoms with Gasteiger partial charge in [-0.1, -0.05) is 17.7 Å². The number of rotatable bonds is 5. The van der Waals surface area contributed by atoms with E-state index in [4.69, 9.17) is 28.6 Å². The number of ether oxygens (including phenoxy) is 1. The number of benzene rings is 1. The molecule has 2 heterocycles. The molecule has 134 valence electrons. The van der Waals surface area contributed by atoms with Gasteiger partial charge in [-0.25, -0.2) is 4.39 Å². The lowest BCUT2D eigenvalue weighted by atomic mass is 10.2. The van der Waals surface area contributed by atoms with Crippen molar-refractivity contribution in [2.45, 2.75) is 32.4 Å². The molecule has 1 unspecified atom stereocenters. The molecular formula is C17H20ClFN4OS. The van der Waals surface area contributed by atoms with Crippen LogP contribution in [0.4, 0.5) is 10.2 Å². The Kier molecular flexibility index (Phi) is 5.88. The van der Waals surface area contributed by atoms with Gasteiger partial charge in [-0.2, -0.15) is 5.10 Å². The maximum absolute atomic E-state index is 13.9. The summed E-state index contributed by atoms with van der Waals surface area (Å²) in [6.07, 6.45) is 2.35. The SMILES string of the molecule is Cc1cc(NC(=S)NCC2CCCO2)nn1Cc1c(F)cccc1Cl. The number of hydrogen-bond acceptors (Lipinski definition) is 3. The summed E-state index contributed by atoms with van der Waals surface area (Å²) in [5, 5.41) is 11.5. The Labute approximate surface area is 156 Å². The molecule has 2 aromatic rings. The van der Waals surface area contributed by atoms with Crippen LogP contribution in [0, 0.1) is 12.7 Å². The van der Waals surface area contributed by atoms with Crippen LogP contribution in [-0.2, 0) is 11.3 Å². The molecule has 1 aromatic heterocycles. The van der Waals surface area contributed by atoms with Crippen molar-refractivity contribution < 1.29 is 9.13 Å². The van der Waals surface area contributed by atoms with Crippen LogP contribution in [0.15, 0.2) is 24.3 Å². The van der Waals surface area contributed by atoms with Gasteiger partial charge in [0.2, 0.25) is 0 Å². The number of nitrogens with one attached hydrogen (secondary N) is 2. The molecule has 1 fully saturated rings. The van der Waals surface area contributed by atoms with Crippen molar-refractivity contribution in [1.82, 2.24) is 15.1 Å². The first-order valence-corrected chi connectivity index (χ1v) is 8.95. The number of thiocarbonyl (C=S) groups is 1. The van der Waals surface area contributed by atoms with Gasteiger partial charge in [-0.3, -0.25) is 4.68 Å². The highest BCUT2D eigenvalue weighted by atomic mass is 35.5. The first-order valence-electron chi connectivity index (χ1n) is 8.16. The summed E-state index contributed by atoms with van der Waals surface area (Å²) in [5.41, 5.74) is 1.30. The summed E-state index contributed by atoms with van der Waals surface area (Å²) in [6.45, 7) is 3.65. The molecule has 1 saturated heterocycles. The highest BCUT2D eigenvalue weighted by molar-refractivity contribution is 7.80. The zero-order chi connectivity index (χ0) is 17.8. The van der Waals surface area contributed by atoms with Crippen LogP contribution in [0.3, 0.4) is 0 Å². The largest absolute Gasteiger partial charge is 0.376 e. The first-order chi connectivity index (χ1) is 12.0. The quantitative estimate of drug-likeness (QED) is 0.775. The van der Waals surface area contributed by atoms with Crippen LogP contribution >= 0.6 is 23.8 Å². The molecule has 8 heteroatoms. The van der Waals surface area contributed by atoms with Gasteiger partial charge in [0.05, 0.1) is 12.6 Å². The van der Waals surface area contributed by atoms with Crippen LogP contribution in [-0.4, -0.2) is 34.1 Å². The Hall–Kier alpha value is -1.70. The Balaban J connectivity index is 1.61. The highest BCUT2D eigenvalue weighted by Crippen LogP contribution is 2.21. The molecule has 1 aromatic carbocycles. The van der Waals surface area contributed by atoms with E-state index in [1.54, 1.807) is 16.8 Å². The second-order valence-corrected chi connectivity index (χ2v) is 6.81. The maximum atomic E-state index is 13.9. The predicted molar refractivity (Wildman–Crippen MR) is 101 cm³/mol. The highest BCUT2D eigenvalue weighted by Gasteiger charge is 2.16. The summed E-state index contributed by atoms with van der Waals surface area (Å²) in [5.74, 6) is 0.264. The van der Waals surface area contributed by atoms with E-state index >= 15 is 0 Å². The van der Waals surface area contributed by atoms with E-state index in [0.717, 1.165) is 25.1 Å². The molecule has 25 heavy (non-hydrogen) atoms. The molecule has 0 amide bonds. The van der Waals surface area contributed by atoms with Crippen molar-refractivity contribution in [2.75, 3.05) is 18.5 Å². The third kappa shape index (κ3) is 4.68. The molecule has 0 aliphatic carbocycles. The van der Waals surface area contributed by atoms with Gasteiger partial charge in [-0.15, -0.1) is 0 Å². The smallest absolute Gasteiger partial charge is 0.172 e. The van der Waals surface area contributed by atoms with Crippen molar-refractivity contribution in [3.8, 4) is 0 Å². The minimum Gasteiger partial charge on any atom is -0.376 e. The number of aryl methyl sites for hydroxylation is 1. The third-order valence-electron chi connectivity index (χ3n) is 4.11. The lowest BCUT2D eigenvalue weighted by Gasteiger charge is -2.12. The van der Waals surface area contributed by atoms with E-state index in [1.807, 2.05) is 13.0 Å². The molecule has 2 N–H and O–H groups in total. The monoisotopic (exact) mass is 382 g/mol.